The Morgan fingerprint density at radius 1 is 1.33 bits per heavy atom. The van der Waals surface area contributed by atoms with E-state index in [1.165, 1.54) is 29.5 Å². The van der Waals surface area contributed by atoms with Crippen LogP contribution in [-0.2, 0) is 12.3 Å². The second-order valence-electron chi connectivity index (χ2n) is 6.08. The van der Waals surface area contributed by atoms with Gasteiger partial charge in [-0.2, -0.15) is 0 Å². The second-order valence-corrected chi connectivity index (χ2v) is 7.46. The molecule has 27 heavy (non-hydrogen) atoms. The Bertz CT molecular complexity index is 1040. The van der Waals surface area contributed by atoms with Crippen molar-refractivity contribution in [1.82, 2.24) is 9.55 Å². The molecule has 5 nitrogen and oxygen atoms in total. The molecule has 0 aliphatic carbocycles. The molecule has 0 aliphatic rings. The molecule has 2 aromatic carbocycles. The maximum absolute atomic E-state index is 13.9. The van der Waals surface area contributed by atoms with Crippen LogP contribution < -0.4 is 10.3 Å². The van der Waals surface area contributed by atoms with Crippen LogP contribution >= 0.6 is 23.4 Å². The number of thioether (sulfide) groups is 1. The summed E-state index contributed by atoms with van der Waals surface area (Å²) in [5, 5.41) is 11.1. The van der Waals surface area contributed by atoms with E-state index in [0.29, 0.717) is 26.8 Å². The molecule has 0 aliphatic heterocycles. The Hall–Kier alpha value is -2.09. The van der Waals surface area contributed by atoms with Crippen molar-refractivity contribution in [3.05, 3.63) is 63.2 Å². The highest BCUT2D eigenvalue weighted by atomic mass is 35.5. The summed E-state index contributed by atoms with van der Waals surface area (Å²) < 4.78 is 20.2. The molecule has 0 saturated carbocycles. The number of hydrogen-bond donors (Lipinski definition) is 1. The number of fused-ring (bicyclic) bond motifs is 1. The first kappa shape index (κ1) is 19.7. The number of methoxy groups -OCH3 is 1. The first-order valence-electron chi connectivity index (χ1n) is 8.22. The van der Waals surface area contributed by atoms with Crippen molar-refractivity contribution in [2.45, 2.75) is 30.5 Å². The number of nitrogens with zero attached hydrogens (tertiary/aromatic N) is 2. The van der Waals surface area contributed by atoms with Gasteiger partial charge in [-0.25, -0.2) is 9.37 Å². The Kier molecular flexibility index (Phi) is 6.04. The van der Waals surface area contributed by atoms with Crippen LogP contribution in [0, 0.1) is 5.82 Å². The molecular formula is C19H18ClFN2O3S. The van der Waals surface area contributed by atoms with E-state index in [1.54, 1.807) is 37.3 Å². The number of halogens is 2. The zero-order chi connectivity index (χ0) is 19.6. The van der Waals surface area contributed by atoms with Gasteiger partial charge in [0.15, 0.2) is 16.7 Å². The van der Waals surface area contributed by atoms with Gasteiger partial charge in [-0.3, -0.25) is 9.36 Å². The van der Waals surface area contributed by atoms with Gasteiger partial charge >= 0.3 is 0 Å². The lowest BCUT2D eigenvalue weighted by Crippen LogP contribution is -2.27. The van der Waals surface area contributed by atoms with Gasteiger partial charge in [0, 0.05) is 10.8 Å². The summed E-state index contributed by atoms with van der Waals surface area (Å²) in [6.45, 7) is 1.72. The topological polar surface area (TPSA) is 64.3 Å². The van der Waals surface area contributed by atoms with Gasteiger partial charge in [0.1, 0.15) is 0 Å². The lowest BCUT2D eigenvalue weighted by atomic mass is 10.2. The van der Waals surface area contributed by atoms with Crippen molar-refractivity contribution in [3.8, 4) is 5.75 Å². The van der Waals surface area contributed by atoms with Crippen LogP contribution in [0.25, 0.3) is 10.9 Å². The highest BCUT2D eigenvalue weighted by Crippen LogP contribution is 2.26. The summed E-state index contributed by atoms with van der Waals surface area (Å²) in [5.41, 5.74) is 0.959. The van der Waals surface area contributed by atoms with Crippen LogP contribution in [0.3, 0.4) is 0 Å². The van der Waals surface area contributed by atoms with Crippen LogP contribution in [0.1, 0.15) is 12.5 Å². The lowest BCUT2D eigenvalue weighted by Gasteiger charge is -2.14. The van der Waals surface area contributed by atoms with Crippen molar-refractivity contribution in [1.29, 1.82) is 0 Å². The highest BCUT2D eigenvalue weighted by Gasteiger charge is 2.14. The van der Waals surface area contributed by atoms with E-state index in [2.05, 4.69) is 4.98 Å². The maximum atomic E-state index is 13.9. The first-order valence-corrected chi connectivity index (χ1v) is 9.58. The van der Waals surface area contributed by atoms with Crippen molar-refractivity contribution in [2.75, 3.05) is 7.11 Å². The fourth-order valence-electron chi connectivity index (χ4n) is 2.66. The minimum absolute atomic E-state index is 0.115. The predicted molar refractivity (Wildman–Crippen MR) is 105 cm³/mol. The van der Waals surface area contributed by atoms with Gasteiger partial charge in [0.2, 0.25) is 0 Å². The van der Waals surface area contributed by atoms with Crippen molar-refractivity contribution < 1.29 is 14.2 Å². The van der Waals surface area contributed by atoms with Crippen LogP contribution in [-0.4, -0.2) is 27.9 Å². The third-order valence-electron chi connectivity index (χ3n) is 3.91. The fourth-order valence-corrected chi connectivity index (χ4v) is 3.77. The van der Waals surface area contributed by atoms with Crippen molar-refractivity contribution in [3.63, 3.8) is 0 Å². The molecule has 0 unspecified atom stereocenters. The molecule has 0 bridgehead atoms. The molecular weight excluding hydrogens is 391 g/mol. The molecule has 8 heteroatoms. The predicted octanol–water partition coefficient (Wildman–Crippen LogP) is 3.87. The lowest BCUT2D eigenvalue weighted by molar-refractivity contribution is 0.168. The van der Waals surface area contributed by atoms with Crippen LogP contribution in [0.4, 0.5) is 4.39 Å². The number of benzene rings is 2. The molecule has 0 amide bonds. The molecule has 0 fully saturated rings. The number of rotatable bonds is 6. The van der Waals surface area contributed by atoms with Crippen LogP contribution in [0.15, 0.2) is 46.3 Å². The van der Waals surface area contributed by atoms with E-state index in [4.69, 9.17) is 16.3 Å². The normalized spacial score (nSPS) is 12.3. The molecule has 0 radical (unpaired) electrons. The van der Waals surface area contributed by atoms with Crippen LogP contribution in [0.2, 0.25) is 5.02 Å². The average molecular weight is 409 g/mol. The third kappa shape index (κ3) is 4.43. The largest absolute Gasteiger partial charge is 0.494 e. The first-order chi connectivity index (χ1) is 12.9. The Morgan fingerprint density at radius 3 is 2.78 bits per heavy atom. The quantitative estimate of drug-likeness (QED) is 0.495. The zero-order valence-electron chi connectivity index (χ0n) is 14.8. The second kappa shape index (κ2) is 8.29. The molecule has 0 saturated heterocycles. The number of hydrogen-bond acceptors (Lipinski definition) is 5. The summed E-state index contributed by atoms with van der Waals surface area (Å²) >= 11 is 7.31. The van der Waals surface area contributed by atoms with Gasteiger partial charge in [-0.15, -0.1) is 0 Å². The Morgan fingerprint density at radius 2 is 2.11 bits per heavy atom. The summed E-state index contributed by atoms with van der Waals surface area (Å²) in [4.78, 5) is 17.4. The minimum Gasteiger partial charge on any atom is -0.494 e. The monoisotopic (exact) mass is 408 g/mol. The Labute approximate surface area is 164 Å². The number of ether oxygens (including phenoxy) is 1. The summed E-state index contributed by atoms with van der Waals surface area (Å²) in [6, 6.07) is 9.58. The Balaban J connectivity index is 1.98. The van der Waals surface area contributed by atoms with E-state index in [-0.39, 0.29) is 17.9 Å². The summed E-state index contributed by atoms with van der Waals surface area (Å²) in [7, 11) is 1.41. The zero-order valence-corrected chi connectivity index (χ0v) is 16.4. The molecule has 142 valence electrons. The molecule has 1 atom stereocenters. The van der Waals surface area contributed by atoms with E-state index >= 15 is 0 Å². The highest BCUT2D eigenvalue weighted by molar-refractivity contribution is 7.98. The SMILES string of the molecule is COc1ccc(CSc2nc3cc(Cl)ccc3c(=O)n2C[C@H](C)O)cc1F. The smallest absolute Gasteiger partial charge is 0.262 e. The van der Waals surface area contributed by atoms with Crippen molar-refractivity contribution in [2.24, 2.45) is 0 Å². The number of aromatic nitrogens is 2. The summed E-state index contributed by atoms with van der Waals surface area (Å²) in [5.74, 6) is 0.127. The van der Waals surface area contributed by atoms with Crippen molar-refractivity contribution >= 4 is 34.3 Å². The molecule has 0 spiro atoms. The van der Waals surface area contributed by atoms with Gasteiger partial charge in [-0.05, 0) is 42.8 Å². The number of aliphatic hydroxyl groups is 1. The van der Waals surface area contributed by atoms with E-state index in [1.807, 2.05) is 0 Å². The van der Waals surface area contributed by atoms with Gasteiger partial charge in [0.25, 0.3) is 5.56 Å². The minimum atomic E-state index is -0.716. The summed E-state index contributed by atoms with van der Waals surface area (Å²) in [6.07, 6.45) is -0.716. The van der Waals surface area contributed by atoms with Gasteiger partial charge in [0.05, 0.1) is 30.7 Å². The molecule has 1 heterocycles. The van der Waals surface area contributed by atoms with E-state index in [9.17, 15) is 14.3 Å². The van der Waals surface area contributed by atoms with Gasteiger partial charge in [-0.1, -0.05) is 29.4 Å². The van der Waals surface area contributed by atoms with E-state index < -0.39 is 11.9 Å². The standard InChI is InChI=1S/C19H18ClFN2O3S/c1-11(24)9-23-18(25)14-5-4-13(20)8-16(14)22-19(23)27-10-12-3-6-17(26-2)15(21)7-12/h3-8,11,24H,9-10H2,1-2H3/t11-/m0/s1. The average Bonchev–Trinajstić information content (AvgIpc) is 2.62. The molecule has 1 N–H and O–H groups in total. The fraction of sp³-hybridized carbons (Fsp3) is 0.263. The number of aliphatic hydroxyl groups excluding tert-OH is 1. The third-order valence-corrected chi connectivity index (χ3v) is 5.20. The molecule has 3 rings (SSSR count). The molecule has 1 aromatic heterocycles. The molecule has 3 aromatic rings. The van der Waals surface area contributed by atoms with E-state index in [0.717, 1.165) is 5.56 Å². The van der Waals surface area contributed by atoms with Gasteiger partial charge < -0.3 is 9.84 Å². The van der Waals surface area contributed by atoms with Crippen LogP contribution in [0.5, 0.6) is 5.75 Å². The maximum Gasteiger partial charge on any atom is 0.262 e.